The Morgan fingerprint density at radius 3 is 0.984 bits per heavy atom. The predicted octanol–water partition coefficient (Wildman–Crippen LogP) is 16.7. The van der Waals surface area contributed by atoms with Gasteiger partial charge in [0.15, 0.2) is 5.82 Å². The molecule has 656 valence electrons. The fourth-order valence-electron chi connectivity index (χ4n) is 10.1. The number of tetrazole rings is 3. The molecule has 29 nitrogen and oxygen atoms in total. The number of rotatable bonds is 13. The second-order valence-electron chi connectivity index (χ2n) is 23.6. The molecule has 0 spiro atoms. The Hall–Kier alpha value is -14.1. The van der Waals surface area contributed by atoms with Gasteiger partial charge in [-0.15, -0.1) is 91.3 Å². The van der Waals surface area contributed by atoms with Gasteiger partial charge < -0.3 is 35.5 Å². The van der Waals surface area contributed by atoms with E-state index >= 15 is 0 Å². The van der Waals surface area contributed by atoms with Gasteiger partial charge in [-0.05, 0) is 227 Å². The first-order valence-electron chi connectivity index (χ1n) is 33.3. The van der Waals surface area contributed by atoms with Crippen LogP contribution < -0.4 is 51.5 Å². The maximum Gasteiger partial charge on any atom is 1.00 e. The van der Waals surface area contributed by atoms with Gasteiger partial charge in [0.05, 0.1) is 22.1 Å². The Morgan fingerprint density at radius 2 is 0.707 bits per heavy atom. The van der Waals surface area contributed by atoms with Crippen molar-refractivity contribution in [1.82, 2.24) is 83.9 Å². The third-order valence-corrected chi connectivity index (χ3v) is 16.1. The number of hydrogen-bond acceptors (Lipinski definition) is 20. The first kappa shape index (κ1) is 101. The van der Waals surface area contributed by atoms with Gasteiger partial charge in [0, 0.05) is 112 Å². The molecule has 0 aliphatic rings. The summed E-state index contributed by atoms with van der Waals surface area (Å²) in [6.07, 6.45) is -16.3. The summed E-state index contributed by atoms with van der Waals surface area (Å²) in [6.45, 7) is 20.4. The van der Waals surface area contributed by atoms with Gasteiger partial charge in [0.2, 0.25) is 17.3 Å². The van der Waals surface area contributed by atoms with Crippen molar-refractivity contribution in [3.8, 4) is 91.3 Å². The average molecular weight is 1850 g/mol. The average Bonchev–Trinajstić information content (AvgIpc) is 1.38. The van der Waals surface area contributed by atoms with Gasteiger partial charge in [-0.2, -0.15) is 10.0 Å². The van der Waals surface area contributed by atoms with Gasteiger partial charge in [0.1, 0.15) is 28.7 Å². The van der Waals surface area contributed by atoms with Gasteiger partial charge >= 0.3 is 48.9 Å². The smallest absolute Gasteiger partial charge is 0.512 e. The molecule has 5 aromatic carbocycles. The summed E-state index contributed by atoms with van der Waals surface area (Å²) in [5.74, 6) is -0.712. The molecular formula is C76H67BrCuF16N19O10. The molecule has 0 saturated heterocycles. The molecule has 0 amide bonds. The van der Waals surface area contributed by atoms with E-state index in [1.165, 1.54) is 142 Å². The van der Waals surface area contributed by atoms with Crippen LogP contribution in [0.3, 0.4) is 0 Å². The number of ether oxygens (including phenoxy) is 5. The van der Waals surface area contributed by atoms with E-state index < -0.39 is 39.0 Å². The molecule has 0 atom stereocenters. The number of nitrogens with one attached hydrogen (secondary N) is 1. The quantitative estimate of drug-likeness (QED) is 0.0636. The predicted molar refractivity (Wildman–Crippen MR) is 412 cm³/mol. The van der Waals surface area contributed by atoms with Crippen LogP contribution in [0, 0.1) is 53.0 Å². The Kier molecular flexibility index (Phi) is 36.5. The SMILES string of the molecule is C.C.C.Cc1cc(=O)n(-c2ccc(OC(F)(F)F)cc2)cc1-c1nn[nH]n1.Cc1cc(=O)n(-c2ccc(OC(F)(F)F)cc2)cc1-c1nnn(C)n1.Cc1cc(=O)n(-c2ccc(OC(F)(F)F)cc2)cc1-c1nnnn1C.Cc1cc(=O)n(-c2ccc(OC(F)(F)F)cc2)cc1Br.[2H]CF.[C-]#N.[C-]#[N+]c1cn(-c2ccc(OC(F)(F)F)cc2)c(=O)cc1C.[Cu+]. The zero-order chi connectivity index (χ0) is 88.9. The third kappa shape index (κ3) is 30.0. The van der Waals surface area contributed by atoms with Crippen LogP contribution in [0.4, 0.5) is 75.9 Å². The second kappa shape index (κ2) is 44.3. The van der Waals surface area contributed by atoms with Crippen LogP contribution in [0.25, 0.3) is 67.4 Å². The number of H-pyrrole nitrogens is 1. The molecule has 0 fully saturated rings. The topological polar surface area (TPSA) is 326 Å². The Bertz CT molecular complexity index is 6040. The number of aromatic amines is 1. The van der Waals surface area contributed by atoms with Crippen molar-refractivity contribution in [2.24, 2.45) is 14.1 Å². The number of aromatic nitrogens is 17. The van der Waals surface area contributed by atoms with Crippen LogP contribution >= 0.6 is 15.9 Å². The molecule has 1 N–H and O–H groups in total. The van der Waals surface area contributed by atoms with E-state index in [4.69, 9.17) is 19.8 Å². The van der Waals surface area contributed by atoms with Crippen molar-refractivity contribution < 1.29 is 112 Å². The van der Waals surface area contributed by atoms with Crippen molar-refractivity contribution >= 4 is 21.6 Å². The fraction of sp³-hybridized carbons (Fsp3) is 0.211. The van der Waals surface area contributed by atoms with E-state index in [0.717, 1.165) is 70.7 Å². The van der Waals surface area contributed by atoms with Crippen LogP contribution in [0.5, 0.6) is 28.7 Å². The first-order chi connectivity index (χ1) is 56.3. The van der Waals surface area contributed by atoms with Crippen LogP contribution in [-0.2, 0) is 31.2 Å². The maximum absolute atomic E-state index is 12.3. The minimum atomic E-state index is -4.77. The zero-order valence-corrected chi connectivity index (χ0v) is 64.4. The zero-order valence-electron chi connectivity index (χ0n) is 62.9. The molecule has 47 heteroatoms. The monoisotopic (exact) mass is 1850 g/mol. The summed E-state index contributed by atoms with van der Waals surface area (Å²) in [7, 11) is 2.27. The Balaban J connectivity index is 0.000000392. The van der Waals surface area contributed by atoms with Crippen LogP contribution in [-0.4, -0.2) is 123 Å². The summed E-state index contributed by atoms with van der Waals surface area (Å²) in [6, 6.07) is 31.7. The molecule has 0 bridgehead atoms. The number of halogens is 17. The molecule has 123 heavy (non-hydrogen) atoms. The van der Waals surface area contributed by atoms with E-state index in [-0.39, 0.29) is 95.9 Å². The second-order valence-corrected chi connectivity index (χ2v) is 24.4. The minimum absolute atomic E-state index is 0. The first-order valence-corrected chi connectivity index (χ1v) is 33.4. The van der Waals surface area contributed by atoms with E-state index in [9.17, 15) is 94.2 Å². The molecule has 13 aromatic rings. The summed E-state index contributed by atoms with van der Waals surface area (Å²) in [4.78, 5) is 64.9. The van der Waals surface area contributed by atoms with Crippen molar-refractivity contribution in [3.05, 3.63) is 285 Å². The summed E-state index contributed by atoms with van der Waals surface area (Å²) < 4.78 is 225. The standard InChI is InChI=1S/2C15H12F3N5O2.C14H10F3N5O2.C14H9F3N2O2.C13H9BrF3NO2.CH3F.CN.3CH4.Cu/c1-9-7-13(24)23(8-12(9)14-19-20-21-22(14)2)10-3-5-11(6-4-10)25-15(16,17)18;1-9-7-13(24)23(8-12(9)14-19-21-22(2)20-14)10-3-5-11(6-4-10)25-15(16,17)18;1-8-6-12(23)22(7-11(8)13-18-20-21-19-13)9-2-4-10(5-3-9)24-14(15,16)17;1-9-7-13(20)19(8-12(9)18-2)10-3-5-11(6-4-10)21-14(15,16)17;1-8-6-12(19)18(7-11(8)14)9-2-4-10(5-3-9)20-13(15,16)17;2*1-2;;;;/h2*3-8H,1-2H3;2-7H,1H3,(H,18,19,20,21);3-8H,1H3;2-7H,1H3;1H3;;3*1H4;/q;;;;;;-1;;;;+1/i;;;;;1D;;;;;. The molecule has 0 unspecified atom stereocenters. The van der Waals surface area contributed by atoms with Gasteiger partial charge in [-0.25, -0.2) is 9.53 Å². The summed E-state index contributed by atoms with van der Waals surface area (Å²) in [5.41, 5.74) is 5.67. The fourth-order valence-corrected chi connectivity index (χ4v) is 10.4. The molecule has 0 aliphatic carbocycles. The van der Waals surface area contributed by atoms with E-state index in [2.05, 4.69) is 96.0 Å². The van der Waals surface area contributed by atoms with E-state index in [1.54, 1.807) is 61.1 Å². The van der Waals surface area contributed by atoms with Crippen molar-refractivity contribution in [3.63, 3.8) is 0 Å². The Morgan fingerprint density at radius 1 is 0.423 bits per heavy atom. The summed E-state index contributed by atoms with van der Waals surface area (Å²) in [5, 5.41) is 42.7. The molecule has 8 heterocycles. The third-order valence-electron chi connectivity index (χ3n) is 15.3. The summed E-state index contributed by atoms with van der Waals surface area (Å²) >= 11 is 3.30. The normalized spacial score (nSPS) is 10.9. The van der Waals surface area contributed by atoms with Crippen LogP contribution in [0.2, 0.25) is 0 Å². The number of nitrogens with zero attached hydrogens (tertiary/aromatic N) is 18. The van der Waals surface area contributed by atoms with Gasteiger partial charge in [-0.1, -0.05) is 22.3 Å². The molecule has 13 rings (SSSR count). The van der Waals surface area contributed by atoms with Crippen molar-refractivity contribution in [1.29, 1.82) is 5.26 Å². The number of pyridine rings is 5. The number of alkyl halides is 16. The molecule has 0 aliphatic heterocycles. The molecule has 8 aromatic heterocycles. The van der Waals surface area contributed by atoms with E-state index in [1.807, 2.05) is 0 Å². The molecule has 0 radical (unpaired) electrons. The van der Waals surface area contributed by atoms with Gasteiger partial charge in [0.25, 0.3) is 27.8 Å². The minimum Gasteiger partial charge on any atom is -0.512 e. The maximum atomic E-state index is 12.3. The molecular weight excluding hydrogens is 1790 g/mol. The largest absolute Gasteiger partial charge is 1.00 e. The van der Waals surface area contributed by atoms with Crippen molar-refractivity contribution in [2.45, 2.75) is 88.7 Å². The number of aryl methyl sites for hydroxylation is 7. The number of hydrogen-bond donors (Lipinski definition) is 1. The molecule has 0 saturated carbocycles. The van der Waals surface area contributed by atoms with Crippen LogP contribution in [0.15, 0.2) is 211 Å². The van der Waals surface area contributed by atoms with Crippen molar-refractivity contribution in [2.75, 3.05) is 7.15 Å². The van der Waals surface area contributed by atoms with Crippen LogP contribution in [0.1, 0.15) is 51.5 Å². The Labute approximate surface area is 706 Å². The van der Waals surface area contributed by atoms with E-state index in [0.29, 0.717) is 90.5 Å². The van der Waals surface area contributed by atoms with Gasteiger partial charge in [-0.3, -0.25) is 51.2 Å². The number of benzene rings is 5.